The Kier molecular flexibility index (Phi) is 2.28. The van der Waals surface area contributed by atoms with Gasteiger partial charge in [0, 0.05) is 6.54 Å². The van der Waals surface area contributed by atoms with Crippen LogP contribution in [0.5, 0.6) is 0 Å². The van der Waals surface area contributed by atoms with Crippen molar-refractivity contribution in [3.63, 3.8) is 0 Å². The number of aromatic nitrogens is 2. The van der Waals surface area contributed by atoms with Gasteiger partial charge in [-0.2, -0.15) is 4.98 Å². The monoisotopic (exact) mass is 190 g/mol. The second kappa shape index (κ2) is 3.59. The SMILES string of the molecule is O=c1ncn(CCO)c2ccccc12. The molecule has 0 amide bonds. The molecule has 0 fully saturated rings. The minimum atomic E-state index is -0.227. The van der Waals surface area contributed by atoms with Gasteiger partial charge in [0.05, 0.1) is 23.8 Å². The summed E-state index contributed by atoms with van der Waals surface area (Å²) in [5.41, 5.74) is 0.580. The maximum absolute atomic E-state index is 11.3. The molecule has 72 valence electrons. The smallest absolute Gasteiger partial charge is 0.280 e. The fraction of sp³-hybridized carbons (Fsp3) is 0.200. The standard InChI is InChI=1S/C10H10N2O2/c13-6-5-12-7-11-10(14)8-3-1-2-4-9(8)12/h1-4,7,13H,5-6H2. The number of aliphatic hydroxyl groups is 1. The highest BCUT2D eigenvalue weighted by molar-refractivity contribution is 5.77. The van der Waals surface area contributed by atoms with E-state index in [1.165, 1.54) is 6.33 Å². The number of aliphatic hydroxyl groups excluding tert-OH is 1. The number of hydrogen-bond donors (Lipinski definition) is 1. The summed E-state index contributed by atoms with van der Waals surface area (Å²) in [6.07, 6.45) is 1.46. The lowest BCUT2D eigenvalue weighted by molar-refractivity contribution is 0.277. The number of nitrogens with zero attached hydrogens (tertiary/aromatic N) is 2. The Hall–Kier alpha value is -1.68. The summed E-state index contributed by atoms with van der Waals surface area (Å²) in [7, 11) is 0. The van der Waals surface area contributed by atoms with E-state index in [2.05, 4.69) is 4.98 Å². The average molecular weight is 190 g/mol. The van der Waals surface area contributed by atoms with Crippen LogP contribution in [-0.4, -0.2) is 21.3 Å². The fourth-order valence-electron chi connectivity index (χ4n) is 1.44. The van der Waals surface area contributed by atoms with Gasteiger partial charge in [0.15, 0.2) is 0 Å². The first-order valence-corrected chi connectivity index (χ1v) is 4.38. The zero-order valence-corrected chi connectivity index (χ0v) is 7.55. The Bertz CT molecular complexity index is 505. The van der Waals surface area contributed by atoms with Gasteiger partial charge in [0.1, 0.15) is 0 Å². The molecule has 0 aliphatic heterocycles. The summed E-state index contributed by atoms with van der Waals surface area (Å²) in [5, 5.41) is 9.41. The second-order valence-electron chi connectivity index (χ2n) is 2.98. The summed E-state index contributed by atoms with van der Waals surface area (Å²) in [5.74, 6) is 0. The highest BCUT2D eigenvalue weighted by Gasteiger charge is 2.01. The topological polar surface area (TPSA) is 55.1 Å². The molecule has 1 aromatic carbocycles. The largest absolute Gasteiger partial charge is 0.395 e. The first-order valence-electron chi connectivity index (χ1n) is 4.38. The molecule has 4 nitrogen and oxygen atoms in total. The van der Waals surface area contributed by atoms with Crippen LogP contribution in [-0.2, 0) is 6.54 Å². The summed E-state index contributed by atoms with van der Waals surface area (Å²) in [6, 6.07) is 7.23. The Morgan fingerprint density at radius 1 is 1.36 bits per heavy atom. The van der Waals surface area contributed by atoms with Crippen molar-refractivity contribution in [2.45, 2.75) is 6.54 Å². The van der Waals surface area contributed by atoms with E-state index < -0.39 is 0 Å². The number of benzene rings is 1. The highest BCUT2D eigenvalue weighted by Crippen LogP contribution is 2.07. The molecule has 2 rings (SSSR count). The summed E-state index contributed by atoms with van der Waals surface area (Å²) < 4.78 is 1.76. The molecule has 0 saturated heterocycles. The van der Waals surface area contributed by atoms with Gasteiger partial charge < -0.3 is 9.67 Å². The number of hydrogen-bond acceptors (Lipinski definition) is 3. The van der Waals surface area contributed by atoms with E-state index in [1.807, 2.05) is 12.1 Å². The summed E-state index contributed by atoms with van der Waals surface area (Å²) >= 11 is 0. The van der Waals surface area contributed by atoms with E-state index in [-0.39, 0.29) is 12.2 Å². The Morgan fingerprint density at radius 3 is 2.93 bits per heavy atom. The maximum atomic E-state index is 11.3. The second-order valence-corrected chi connectivity index (χ2v) is 2.98. The maximum Gasteiger partial charge on any atom is 0.280 e. The molecule has 1 N–H and O–H groups in total. The Balaban J connectivity index is 2.75. The lowest BCUT2D eigenvalue weighted by Crippen LogP contribution is -2.13. The van der Waals surface area contributed by atoms with Gasteiger partial charge >= 0.3 is 0 Å². The third-order valence-electron chi connectivity index (χ3n) is 2.10. The van der Waals surface area contributed by atoms with Gasteiger partial charge in [-0.1, -0.05) is 12.1 Å². The van der Waals surface area contributed by atoms with Crippen molar-refractivity contribution >= 4 is 10.9 Å². The first-order chi connectivity index (χ1) is 6.83. The molecule has 0 atom stereocenters. The van der Waals surface area contributed by atoms with Gasteiger partial charge in [-0.15, -0.1) is 0 Å². The summed E-state index contributed by atoms with van der Waals surface area (Å²) in [4.78, 5) is 15.1. The average Bonchev–Trinajstić information content (AvgIpc) is 2.23. The van der Waals surface area contributed by atoms with Crippen LogP contribution in [0, 0.1) is 0 Å². The van der Waals surface area contributed by atoms with Crippen molar-refractivity contribution in [2.24, 2.45) is 0 Å². The summed E-state index contributed by atoms with van der Waals surface area (Å²) in [6.45, 7) is 0.488. The van der Waals surface area contributed by atoms with Crippen LogP contribution in [0.25, 0.3) is 10.9 Å². The molecule has 2 aromatic rings. The third-order valence-corrected chi connectivity index (χ3v) is 2.10. The Morgan fingerprint density at radius 2 is 2.14 bits per heavy atom. The molecule has 0 radical (unpaired) electrons. The predicted octanol–water partition coefficient (Wildman–Crippen LogP) is 0.389. The molecule has 0 saturated carbocycles. The zero-order valence-electron chi connectivity index (χ0n) is 7.55. The minimum Gasteiger partial charge on any atom is -0.395 e. The van der Waals surface area contributed by atoms with Crippen LogP contribution in [0.3, 0.4) is 0 Å². The van der Waals surface area contributed by atoms with Crippen LogP contribution in [0.15, 0.2) is 35.4 Å². The van der Waals surface area contributed by atoms with Crippen LogP contribution < -0.4 is 5.56 Å². The lowest BCUT2D eigenvalue weighted by Gasteiger charge is -2.06. The van der Waals surface area contributed by atoms with Gasteiger partial charge in [-0.25, -0.2) is 0 Å². The minimum absolute atomic E-state index is 0.0363. The molecule has 0 unspecified atom stereocenters. The molecule has 1 aromatic heterocycles. The molecule has 0 aliphatic rings. The number of fused-ring (bicyclic) bond motifs is 1. The zero-order chi connectivity index (χ0) is 9.97. The Labute approximate surface area is 80.4 Å². The normalized spacial score (nSPS) is 10.6. The van der Waals surface area contributed by atoms with E-state index >= 15 is 0 Å². The first kappa shape index (κ1) is 8.90. The quantitative estimate of drug-likeness (QED) is 0.745. The van der Waals surface area contributed by atoms with Crippen LogP contribution >= 0.6 is 0 Å². The van der Waals surface area contributed by atoms with Crippen LogP contribution in [0.1, 0.15) is 0 Å². The number of para-hydroxylation sites is 1. The van der Waals surface area contributed by atoms with Crippen molar-refractivity contribution in [2.75, 3.05) is 6.61 Å². The predicted molar refractivity (Wildman–Crippen MR) is 53.1 cm³/mol. The van der Waals surface area contributed by atoms with E-state index in [0.717, 1.165) is 5.52 Å². The molecule has 0 aliphatic carbocycles. The van der Waals surface area contributed by atoms with Crippen LogP contribution in [0.4, 0.5) is 0 Å². The van der Waals surface area contributed by atoms with Crippen LogP contribution in [0.2, 0.25) is 0 Å². The molecule has 1 heterocycles. The van der Waals surface area contributed by atoms with E-state index in [0.29, 0.717) is 11.9 Å². The van der Waals surface area contributed by atoms with Gasteiger partial charge in [-0.3, -0.25) is 4.79 Å². The van der Waals surface area contributed by atoms with E-state index in [1.54, 1.807) is 16.7 Å². The molecule has 14 heavy (non-hydrogen) atoms. The van der Waals surface area contributed by atoms with E-state index in [4.69, 9.17) is 5.11 Å². The van der Waals surface area contributed by atoms with Crippen molar-refractivity contribution in [3.8, 4) is 0 Å². The molecular weight excluding hydrogens is 180 g/mol. The van der Waals surface area contributed by atoms with Gasteiger partial charge in [0.25, 0.3) is 5.56 Å². The van der Waals surface area contributed by atoms with Gasteiger partial charge in [0.2, 0.25) is 0 Å². The number of rotatable bonds is 2. The van der Waals surface area contributed by atoms with Crippen molar-refractivity contribution < 1.29 is 5.11 Å². The fourth-order valence-corrected chi connectivity index (χ4v) is 1.44. The van der Waals surface area contributed by atoms with Gasteiger partial charge in [-0.05, 0) is 12.1 Å². The highest BCUT2D eigenvalue weighted by atomic mass is 16.3. The lowest BCUT2D eigenvalue weighted by atomic mass is 10.2. The molecule has 0 bridgehead atoms. The third kappa shape index (κ3) is 1.40. The molecule has 0 spiro atoms. The van der Waals surface area contributed by atoms with Crippen molar-refractivity contribution in [1.82, 2.24) is 9.55 Å². The molecule has 4 heteroatoms. The van der Waals surface area contributed by atoms with E-state index in [9.17, 15) is 4.79 Å². The van der Waals surface area contributed by atoms with Crippen molar-refractivity contribution in [1.29, 1.82) is 0 Å². The molecular formula is C10H10N2O2. The van der Waals surface area contributed by atoms with Crippen molar-refractivity contribution in [3.05, 3.63) is 40.9 Å².